The van der Waals surface area contributed by atoms with Crippen LogP contribution in [0, 0.1) is 0 Å². The van der Waals surface area contributed by atoms with Gasteiger partial charge in [0.15, 0.2) is 0 Å². The second-order valence-electron chi connectivity index (χ2n) is 24.2. The zero-order valence-corrected chi connectivity index (χ0v) is 49.4. The van der Waals surface area contributed by atoms with Gasteiger partial charge in [-0.1, -0.05) is 279 Å². The smallest absolute Gasteiger partial charge is 0.0713 e. The molecule has 0 bridgehead atoms. The standard InChI is InChI=1S/C88H58N2/c1-7-27-61(28-8-1)87(62-29-9-2-10-30-62)79-44-24-21-39-69(79)71-51-47-59(55-81(71)87)85-74-42-19-20-43-75(74)86(60-48-52-72-70-40-22-25-45-80(70)88(82(72)56-60,63-31-11-3-12-32-63)64-33-13-4-14-34-64)78-58-67(49-53-76(78)85)89(65-35-15-5-16-36-65)68-50-54-84-77(57-68)73-41-23-26-46-83(73)90(84)66-37-17-6-18-38-66/h1-58H. The van der Waals surface area contributed by atoms with E-state index in [-0.39, 0.29) is 0 Å². The van der Waals surface area contributed by atoms with Crippen molar-refractivity contribution < 1.29 is 0 Å². The van der Waals surface area contributed by atoms with Crippen LogP contribution in [-0.4, -0.2) is 4.57 Å². The zero-order valence-electron chi connectivity index (χ0n) is 49.4. The first kappa shape index (κ1) is 51.6. The predicted octanol–water partition coefficient (Wildman–Crippen LogP) is 22.6. The third-order valence-electron chi connectivity index (χ3n) is 19.7. The Labute approximate surface area is 524 Å². The van der Waals surface area contributed by atoms with Crippen LogP contribution in [0.2, 0.25) is 0 Å². The van der Waals surface area contributed by atoms with Crippen LogP contribution in [0.3, 0.4) is 0 Å². The molecule has 1 heterocycles. The molecule has 0 fully saturated rings. The summed E-state index contributed by atoms with van der Waals surface area (Å²) in [6, 6.07) is 132. The summed E-state index contributed by atoms with van der Waals surface area (Å²) in [6.45, 7) is 0. The Morgan fingerprint density at radius 2 is 0.589 bits per heavy atom. The van der Waals surface area contributed by atoms with Crippen molar-refractivity contribution in [3.63, 3.8) is 0 Å². The molecule has 0 radical (unpaired) electrons. The molecule has 15 aromatic carbocycles. The minimum Gasteiger partial charge on any atom is -0.310 e. The van der Waals surface area contributed by atoms with E-state index < -0.39 is 10.8 Å². The van der Waals surface area contributed by atoms with E-state index in [4.69, 9.17) is 0 Å². The molecule has 18 rings (SSSR count). The molecule has 90 heavy (non-hydrogen) atoms. The Balaban J connectivity index is 0.934. The van der Waals surface area contributed by atoms with Crippen molar-refractivity contribution in [2.75, 3.05) is 4.90 Å². The van der Waals surface area contributed by atoms with Gasteiger partial charge in [0.2, 0.25) is 0 Å². The van der Waals surface area contributed by atoms with Crippen molar-refractivity contribution in [1.82, 2.24) is 4.57 Å². The number of benzene rings is 15. The molecule has 0 saturated carbocycles. The molecule has 0 unspecified atom stereocenters. The highest BCUT2D eigenvalue weighted by atomic mass is 15.1. The number of nitrogens with zero attached hydrogens (tertiary/aromatic N) is 2. The third-order valence-corrected chi connectivity index (χ3v) is 19.7. The van der Waals surface area contributed by atoms with Gasteiger partial charge in [-0.2, -0.15) is 0 Å². The number of hydrogen-bond donors (Lipinski definition) is 0. The molecule has 0 spiro atoms. The van der Waals surface area contributed by atoms with Gasteiger partial charge in [-0.05, 0) is 183 Å². The lowest BCUT2D eigenvalue weighted by Gasteiger charge is -2.34. The Kier molecular flexibility index (Phi) is 11.8. The first-order valence-corrected chi connectivity index (χ1v) is 31.3. The molecule has 2 aliphatic carbocycles. The summed E-state index contributed by atoms with van der Waals surface area (Å²) in [4.78, 5) is 2.46. The molecule has 0 aliphatic heterocycles. The van der Waals surface area contributed by atoms with Crippen LogP contribution < -0.4 is 4.90 Å². The first-order valence-electron chi connectivity index (χ1n) is 31.3. The summed E-state index contributed by atoms with van der Waals surface area (Å²) in [5.41, 5.74) is 25.5. The number of hydrogen-bond acceptors (Lipinski definition) is 1. The molecule has 1 aromatic heterocycles. The Bertz CT molecular complexity index is 5380. The van der Waals surface area contributed by atoms with E-state index in [0.29, 0.717) is 0 Å². The van der Waals surface area contributed by atoms with E-state index in [2.05, 4.69) is 361 Å². The van der Waals surface area contributed by atoms with Crippen molar-refractivity contribution in [1.29, 1.82) is 0 Å². The Hall–Kier alpha value is -11.6. The van der Waals surface area contributed by atoms with Crippen LogP contribution in [0.5, 0.6) is 0 Å². The summed E-state index contributed by atoms with van der Waals surface area (Å²) in [5.74, 6) is 0. The van der Waals surface area contributed by atoms with Gasteiger partial charge in [-0.15, -0.1) is 0 Å². The molecule has 2 aliphatic rings. The summed E-state index contributed by atoms with van der Waals surface area (Å²) in [5, 5.41) is 7.16. The molecule has 16 aromatic rings. The van der Waals surface area contributed by atoms with Crippen molar-refractivity contribution >= 4 is 60.4 Å². The van der Waals surface area contributed by atoms with Gasteiger partial charge in [-0.25, -0.2) is 0 Å². The lowest BCUT2D eigenvalue weighted by molar-refractivity contribution is 0.769. The fourth-order valence-corrected chi connectivity index (χ4v) is 16.1. The van der Waals surface area contributed by atoms with Gasteiger partial charge < -0.3 is 9.47 Å². The maximum Gasteiger partial charge on any atom is 0.0713 e. The Morgan fingerprint density at radius 1 is 0.222 bits per heavy atom. The van der Waals surface area contributed by atoms with Crippen LogP contribution >= 0.6 is 0 Å². The highest BCUT2D eigenvalue weighted by Gasteiger charge is 2.48. The van der Waals surface area contributed by atoms with E-state index in [9.17, 15) is 0 Å². The number of aromatic nitrogens is 1. The van der Waals surface area contributed by atoms with Crippen molar-refractivity contribution in [3.05, 3.63) is 396 Å². The van der Waals surface area contributed by atoms with E-state index in [1.165, 1.54) is 127 Å². The average molecular weight is 1140 g/mol. The van der Waals surface area contributed by atoms with Gasteiger partial charge in [0.05, 0.1) is 21.9 Å². The van der Waals surface area contributed by atoms with Crippen molar-refractivity contribution in [2.45, 2.75) is 10.8 Å². The van der Waals surface area contributed by atoms with Crippen LogP contribution in [-0.2, 0) is 10.8 Å². The minimum atomic E-state index is -0.584. The van der Waals surface area contributed by atoms with Crippen molar-refractivity contribution in [3.8, 4) is 50.2 Å². The molecule has 2 nitrogen and oxygen atoms in total. The number of anilines is 3. The van der Waals surface area contributed by atoms with E-state index >= 15 is 0 Å². The molecule has 0 atom stereocenters. The quantitative estimate of drug-likeness (QED) is 0.124. The summed E-state index contributed by atoms with van der Waals surface area (Å²) >= 11 is 0. The van der Waals surface area contributed by atoms with Crippen LogP contribution in [0.1, 0.15) is 44.5 Å². The normalized spacial score (nSPS) is 13.3. The van der Waals surface area contributed by atoms with Gasteiger partial charge in [0.1, 0.15) is 0 Å². The number of para-hydroxylation sites is 3. The van der Waals surface area contributed by atoms with Gasteiger partial charge in [-0.3, -0.25) is 0 Å². The summed E-state index contributed by atoms with van der Waals surface area (Å²) in [6.07, 6.45) is 0. The predicted molar refractivity (Wildman–Crippen MR) is 376 cm³/mol. The van der Waals surface area contributed by atoms with E-state index in [0.717, 1.165) is 28.3 Å². The van der Waals surface area contributed by atoms with Gasteiger partial charge in [0, 0.05) is 33.5 Å². The SMILES string of the molecule is c1ccc(N(c2ccc3c(-c4ccc5c(c4)C(c4ccccc4)(c4ccccc4)c4ccccc4-5)c4ccccc4c(-c4ccc5c(c4)C(c4ccccc4)(c4ccccc4)c4ccccc4-5)c3c2)c2ccc3c(c2)c2ccccc2n3-c2ccccc2)cc1. The first-order chi connectivity index (χ1) is 44.7. The fraction of sp³-hybridized carbons (Fsp3) is 0.0227. The van der Waals surface area contributed by atoms with Gasteiger partial charge >= 0.3 is 0 Å². The van der Waals surface area contributed by atoms with Crippen molar-refractivity contribution in [2.24, 2.45) is 0 Å². The number of fused-ring (bicyclic) bond motifs is 11. The maximum absolute atomic E-state index is 2.55. The molecular weight excluding hydrogens is 1080 g/mol. The highest BCUT2D eigenvalue weighted by molar-refractivity contribution is 6.22. The topological polar surface area (TPSA) is 8.17 Å². The van der Waals surface area contributed by atoms with Crippen LogP contribution in [0.15, 0.2) is 352 Å². The lowest BCUT2D eigenvalue weighted by atomic mass is 9.67. The largest absolute Gasteiger partial charge is 0.310 e. The van der Waals surface area contributed by atoms with Crippen LogP contribution in [0.25, 0.3) is 93.5 Å². The summed E-state index contributed by atoms with van der Waals surface area (Å²) < 4.78 is 2.40. The van der Waals surface area contributed by atoms with Crippen LogP contribution in [0.4, 0.5) is 17.1 Å². The van der Waals surface area contributed by atoms with E-state index in [1.54, 1.807) is 0 Å². The third kappa shape index (κ3) is 7.52. The van der Waals surface area contributed by atoms with Gasteiger partial charge in [0.25, 0.3) is 0 Å². The maximum atomic E-state index is 2.55. The molecule has 0 saturated heterocycles. The lowest BCUT2D eigenvalue weighted by Crippen LogP contribution is -2.28. The Morgan fingerprint density at radius 3 is 1.10 bits per heavy atom. The molecule has 0 N–H and O–H groups in total. The minimum absolute atomic E-state index is 0.570. The fourth-order valence-electron chi connectivity index (χ4n) is 16.1. The van der Waals surface area contributed by atoms with E-state index in [1.807, 2.05) is 0 Å². The molecule has 2 heteroatoms. The zero-order chi connectivity index (χ0) is 59.3. The molecule has 420 valence electrons. The highest BCUT2D eigenvalue weighted by Crippen LogP contribution is 2.60. The molecular formula is C88H58N2. The monoisotopic (exact) mass is 1140 g/mol. The average Bonchev–Trinajstić information content (AvgIpc) is 1.51. The number of rotatable bonds is 10. The second kappa shape index (κ2) is 20.5. The summed E-state index contributed by atoms with van der Waals surface area (Å²) in [7, 11) is 0. The second-order valence-corrected chi connectivity index (χ2v) is 24.2. The molecule has 0 amide bonds.